The SMILES string of the molecule is COCC(N)C(=O)NCc1ccc(CN2CCCC(C)C2)cc1.Cl.Cl. The number of piperidine rings is 1. The minimum absolute atomic E-state index is 0. The van der Waals surface area contributed by atoms with E-state index in [0.29, 0.717) is 6.54 Å². The molecule has 5 nitrogen and oxygen atoms in total. The van der Waals surface area contributed by atoms with Crippen molar-refractivity contribution in [2.75, 3.05) is 26.8 Å². The van der Waals surface area contributed by atoms with Gasteiger partial charge in [0.15, 0.2) is 0 Å². The third kappa shape index (κ3) is 8.38. The quantitative estimate of drug-likeness (QED) is 0.748. The second-order valence-electron chi connectivity index (χ2n) is 6.58. The minimum atomic E-state index is -0.611. The van der Waals surface area contributed by atoms with Crippen molar-refractivity contribution in [3.8, 4) is 0 Å². The summed E-state index contributed by atoms with van der Waals surface area (Å²) in [6.45, 7) is 6.45. The summed E-state index contributed by atoms with van der Waals surface area (Å²) in [6, 6.07) is 7.84. The minimum Gasteiger partial charge on any atom is -0.383 e. The Kier molecular flexibility index (Phi) is 12.1. The molecule has 7 heteroatoms. The Balaban J connectivity index is 0.00000288. The standard InChI is InChI=1S/C18H29N3O2.2ClH/c1-14-4-3-9-21(11-14)12-16-7-5-15(6-8-16)10-20-18(22)17(19)13-23-2;;/h5-8,14,17H,3-4,9-13,19H2,1-2H3,(H,20,22);2*1H. The van der Waals surface area contributed by atoms with Crippen LogP contribution >= 0.6 is 24.8 Å². The first-order valence-electron chi connectivity index (χ1n) is 8.41. The van der Waals surface area contributed by atoms with Crippen LogP contribution in [0.3, 0.4) is 0 Å². The van der Waals surface area contributed by atoms with Crippen LogP contribution in [0.1, 0.15) is 30.9 Å². The normalized spacial score (nSPS) is 18.6. The van der Waals surface area contributed by atoms with Crippen LogP contribution in [0.25, 0.3) is 0 Å². The lowest BCUT2D eigenvalue weighted by atomic mass is 9.99. The number of amides is 1. The number of nitrogens with zero attached hydrogens (tertiary/aromatic N) is 1. The lowest BCUT2D eigenvalue weighted by molar-refractivity contribution is -0.123. The van der Waals surface area contributed by atoms with Gasteiger partial charge in [0.25, 0.3) is 0 Å². The van der Waals surface area contributed by atoms with Crippen LogP contribution in [0.4, 0.5) is 0 Å². The third-order valence-electron chi connectivity index (χ3n) is 4.32. The van der Waals surface area contributed by atoms with Crippen molar-refractivity contribution in [3.05, 3.63) is 35.4 Å². The summed E-state index contributed by atoms with van der Waals surface area (Å²) < 4.78 is 4.88. The zero-order chi connectivity index (χ0) is 16.7. The molecule has 1 heterocycles. The number of hydrogen-bond donors (Lipinski definition) is 2. The van der Waals surface area contributed by atoms with E-state index < -0.39 is 6.04 Å². The molecule has 0 radical (unpaired) electrons. The van der Waals surface area contributed by atoms with E-state index in [1.54, 1.807) is 0 Å². The van der Waals surface area contributed by atoms with Crippen LogP contribution in [-0.2, 0) is 22.6 Å². The predicted octanol–water partition coefficient (Wildman–Crippen LogP) is 2.35. The lowest BCUT2D eigenvalue weighted by Gasteiger charge is -2.30. The Bertz CT molecular complexity index is 500. The zero-order valence-corrected chi connectivity index (χ0v) is 16.7. The number of nitrogens with two attached hydrogens (primary N) is 1. The molecule has 1 aromatic carbocycles. The fourth-order valence-corrected chi connectivity index (χ4v) is 3.03. The first-order chi connectivity index (χ1) is 11.1. The van der Waals surface area contributed by atoms with Gasteiger partial charge in [-0.25, -0.2) is 0 Å². The Hall–Kier alpha value is -0.850. The molecular formula is C18H31Cl2N3O2. The molecule has 3 N–H and O–H groups in total. The van der Waals surface area contributed by atoms with E-state index in [0.717, 1.165) is 18.0 Å². The van der Waals surface area contributed by atoms with Crippen molar-refractivity contribution in [2.45, 2.75) is 38.9 Å². The molecule has 0 bridgehead atoms. The predicted molar refractivity (Wildman–Crippen MR) is 106 cm³/mol. The van der Waals surface area contributed by atoms with Crippen LogP contribution in [0.2, 0.25) is 0 Å². The number of halogens is 2. The molecule has 1 saturated heterocycles. The summed E-state index contributed by atoms with van der Waals surface area (Å²) in [5, 5.41) is 2.84. The van der Waals surface area contributed by atoms with E-state index in [-0.39, 0.29) is 37.3 Å². The molecule has 1 amide bonds. The highest BCUT2D eigenvalue weighted by Crippen LogP contribution is 2.18. The molecule has 144 valence electrons. The summed E-state index contributed by atoms with van der Waals surface area (Å²) in [7, 11) is 1.54. The topological polar surface area (TPSA) is 67.6 Å². The first-order valence-corrected chi connectivity index (χ1v) is 8.41. The highest BCUT2D eigenvalue weighted by molar-refractivity contribution is 5.85. The second kappa shape index (κ2) is 12.5. The molecule has 25 heavy (non-hydrogen) atoms. The zero-order valence-electron chi connectivity index (χ0n) is 15.1. The fraction of sp³-hybridized carbons (Fsp3) is 0.611. The highest BCUT2D eigenvalue weighted by atomic mass is 35.5. The van der Waals surface area contributed by atoms with Gasteiger partial charge in [-0.05, 0) is 36.4 Å². The number of carbonyl (C=O) groups is 1. The van der Waals surface area contributed by atoms with E-state index in [4.69, 9.17) is 10.5 Å². The maximum Gasteiger partial charge on any atom is 0.239 e. The maximum atomic E-state index is 11.7. The molecule has 1 fully saturated rings. The van der Waals surface area contributed by atoms with E-state index >= 15 is 0 Å². The Morgan fingerprint density at radius 3 is 2.56 bits per heavy atom. The molecule has 2 atom stereocenters. The molecule has 2 unspecified atom stereocenters. The number of carbonyl (C=O) groups excluding carboxylic acids is 1. The molecular weight excluding hydrogens is 361 g/mol. The first kappa shape index (κ1) is 24.1. The van der Waals surface area contributed by atoms with Gasteiger partial charge in [0, 0.05) is 26.7 Å². The smallest absolute Gasteiger partial charge is 0.239 e. The Labute approximate surface area is 163 Å². The second-order valence-corrected chi connectivity index (χ2v) is 6.58. The van der Waals surface area contributed by atoms with Gasteiger partial charge in [-0.2, -0.15) is 0 Å². The van der Waals surface area contributed by atoms with Crippen molar-refractivity contribution in [2.24, 2.45) is 11.7 Å². The van der Waals surface area contributed by atoms with Crippen molar-refractivity contribution in [1.29, 1.82) is 0 Å². The fourth-order valence-electron chi connectivity index (χ4n) is 3.03. The van der Waals surface area contributed by atoms with Gasteiger partial charge in [-0.1, -0.05) is 31.2 Å². The van der Waals surface area contributed by atoms with E-state index in [1.165, 1.54) is 38.6 Å². The molecule has 1 aliphatic heterocycles. The van der Waals surface area contributed by atoms with Crippen LogP contribution in [0.15, 0.2) is 24.3 Å². The number of benzene rings is 1. The molecule has 0 aliphatic carbocycles. The number of rotatable bonds is 7. The van der Waals surface area contributed by atoms with E-state index in [2.05, 4.69) is 41.4 Å². The largest absolute Gasteiger partial charge is 0.383 e. The van der Waals surface area contributed by atoms with Crippen molar-refractivity contribution >= 4 is 30.7 Å². The van der Waals surface area contributed by atoms with Gasteiger partial charge in [0.2, 0.25) is 5.91 Å². The summed E-state index contributed by atoms with van der Waals surface area (Å²) in [5.41, 5.74) is 8.10. The van der Waals surface area contributed by atoms with Gasteiger partial charge in [-0.3, -0.25) is 9.69 Å². The number of methoxy groups -OCH3 is 1. The van der Waals surface area contributed by atoms with Gasteiger partial charge in [0.05, 0.1) is 6.61 Å². The van der Waals surface area contributed by atoms with Crippen LogP contribution < -0.4 is 11.1 Å². The summed E-state index contributed by atoms with van der Waals surface area (Å²) in [5.74, 6) is 0.618. The molecule has 0 aromatic heterocycles. The number of ether oxygens (including phenoxy) is 1. The monoisotopic (exact) mass is 391 g/mol. The lowest BCUT2D eigenvalue weighted by Crippen LogP contribution is -2.43. The van der Waals surface area contributed by atoms with Gasteiger partial charge < -0.3 is 15.8 Å². The third-order valence-corrected chi connectivity index (χ3v) is 4.32. The average Bonchev–Trinajstić information content (AvgIpc) is 2.54. The molecule has 2 rings (SSSR count). The van der Waals surface area contributed by atoms with Crippen LogP contribution in [-0.4, -0.2) is 43.7 Å². The number of likely N-dealkylation sites (tertiary alicyclic amines) is 1. The summed E-state index contributed by atoms with van der Waals surface area (Å²) in [6.07, 6.45) is 2.65. The molecule has 1 aromatic rings. The van der Waals surface area contributed by atoms with E-state index in [9.17, 15) is 4.79 Å². The Morgan fingerprint density at radius 1 is 1.32 bits per heavy atom. The van der Waals surface area contributed by atoms with Crippen molar-refractivity contribution < 1.29 is 9.53 Å². The maximum absolute atomic E-state index is 11.7. The van der Waals surface area contributed by atoms with Crippen LogP contribution in [0, 0.1) is 5.92 Å². The molecule has 0 saturated carbocycles. The van der Waals surface area contributed by atoms with E-state index in [1.807, 2.05) is 0 Å². The van der Waals surface area contributed by atoms with Crippen molar-refractivity contribution in [1.82, 2.24) is 10.2 Å². The van der Waals surface area contributed by atoms with Gasteiger partial charge >= 0.3 is 0 Å². The molecule has 0 spiro atoms. The summed E-state index contributed by atoms with van der Waals surface area (Å²) in [4.78, 5) is 14.3. The van der Waals surface area contributed by atoms with Crippen molar-refractivity contribution in [3.63, 3.8) is 0 Å². The number of nitrogens with one attached hydrogen (secondary N) is 1. The average molecular weight is 392 g/mol. The van der Waals surface area contributed by atoms with Gasteiger partial charge in [-0.15, -0.1) is 24.8 Å². The molecule has 1 aliphatic rings. The Morgan fingerprint density at radius 2 is 1.96 bits per heavy atom. The van der Waals surface area contributed by atoms with Crippen LogP contribution in [0.5, 0.6) is 0 Å². The summed E-state index contributed by atoms with van der Waals surface area (Å²) >= 11 is 0. The van der Waals surface area contributed by atoms with Gasteiger partial charge in [0.1, 0.15) is 6.04 Å². The highest BCUT2D eigenvalue weighted by Gasteiger charge is 2.16. The number of hydrogen-bond acceptors (Lipinski definition) is 4.